The van der Waals surface area contributed by atoms with Crippen LogP contribution in [-0.2, 0) is 10.0 Å². The second-order valence-electron chi connectivity index (χ2n) is 4.23. The number of rotatable bonds is 3. The molecule has 2 aromatic rings. The minimum atomic E-state index is -3.83. The Balaban J connectivity index is 2.49. The number of benzene rings is 1. The Morgan fingerprint density at radius 2 is 1.95 bits per heavy atom. The van der Waals surface area contributed by atoms with E-state index in [0.29, 0.717) is 8.95 Å². The number of nitrogens with zero attached hydrogens (tertiary/aromatic N) is 1. The molecule has 0 aliphatic heterocycles. The van der Waals surface area contributed by atoms with Crippen molar-refractivity contribution in [3.63, 3.8) is 0 Å². The summed E-state index contributed by atoms with van der Waals surface area (Å²) in [5.41, 5.74) is 7.47. The molecule has 1 aromatic heterocycles. The second kappa shape index (κ2) is 5.38. The van der Waals surface area contributed by atoms with E-state index in [0.717, 1.165) is 11.3 Å². The van der Waals surface area contributed by atoms with Gasteiger partial charge >= 0.3 is 0 Å². The summed E-state index contributed by atoms with van der Waals surface area (Å²) in [7, 11) is -3.83. The van der Waals surface area contributed by atoms with Gasteiger partial charge in [-0.25, -0.2) is 8.42 Å². The van der Waals surface area contributed by atoms with Crippen molar-refractivity contribution in [3.05, 3.63) is 32.3 Å². The number of aromatic amines is 1. The van der Waals surface area contributed by atoms with Gasteiger partial charge in [0.05, 0.1) is 5.69 Å². The molecular formula is C11H12Br2N4O2S. The molecule has 108 valence electrons. The SMILES string of the molecule is Cc1[nH]nc(NS(=O)(=O)c2c(N)cc(Br)cc2Br)c1C. The van der Waals surface area contributed by atoms with Crippen molar-refractivity contribution in [1.82, 2.24) is 10.2 Å². The average molecular weight is 424 g/mol. The third kappa shape index (κ3) is 2.84. The molecule has 0 spiro atoms. The van der Waals surface area contributed by atoms with Crippen LogP contribution in [0.2, 0.25) is 0 Å². The molecule has 2 rings (SSSR count). The van der Waals surface area contributed by atoms with Crippen molar-refractivity contribution in [2.75, 3.05) is 10.5 Å². The van der Waals surface area contributed by atoms with Crippen molar-refractivity contribution in [3.8, 4) is 0 Å². The van der Waals surface area contributed by atoms with Gasteiger partial charge in [-0.2, -0.15) is 5.10 Å². The molecule has 9 heteroatoms. The molecule has 6 nitrogen and oxygen atoms in total. The Labute approximate surface area is 133 Å². The molecule has 0 aliphatic carbocycles. The van der Waals surface area contributed by atoms with Crippen LogP contribution in [0.1, 0.15) is 11.3 Å². The van der Waals surface area contributed by atoms with Gasteiger partial charge in [0, 0.05) is 20.2 Å². The zero-order chi connectivity index (χ0) is 15.1. The highest BCUT2D eigenvalue weighted by molar-refractivity contribution is 9.11. The van der Waals surface area contributed by atoms with Gasteiger partial charge < -0.3 is 5.73 Å². The highest BCUT2D eigenvalue weighted by Crippen LogP contribution is 2.33. The summed E-state index contributed by atoms with van der Waals surface area (Å²) in [6, 6.07) is 3.15. The van der Waals surface area contributed by atoms with E-state index in [1.165, 1.54) is 6.07 Å². The predicted octanol–water partition coefficient (Wildman–Crippen LogP) is 2.93. The molecular weight excluding hydrogens is 412 g/mol. The lowest BCUT2D eigenvalue weighted by Crippen LogP contribution is -2.16. The maximum atomic E-state index is 12.4. The molecule has 1 aromatic carbocycles. The molecule has 0 unspecified atom stereocenters. The van der Waals surface area contributed by atoms with Gasteiger partial charge in [0.2, 0.25) is 0 Å². The van der Waals surface area contributed by atoms with E-state index in [9.17, 15) is 8.42 Å². The fraction of sp³-hybridized carbons (Fsp3) is 0.182. The number of H-pyrrole nitrogens is 1. The van der Waals surface area contributed by atoms with Crippen LogP contribution in [0.5, 0.6) is 0 Å². The van der Waals surface area contributed by atoms with E-state index in [4.69, 9.17) is 5.73 Å². The number of hydrogen-bond donors (Lipinski definition) is 3. The zero-order valence-corrected chi connectivity index (χ0v) is 14.6. The van der Waals surface area contributed by atoms with Crippen LogP contribution in [0.3, 0.4) is 0 Å². The van der Waals surface area contributed by atoms with Gasteiger partial charge in [-0.05, 0) is 41.9 Å². The van der Waals surface area contributed by atoms with Gasteiger partial charge in [0.1, 0.15) is 4.90 Å². The summed E-state index contributed by atoms with van der Waals surface area (Å²) >= 11 is 6.47. The maximum Gasteiger partial charge on any atom is 0.266 e. The van der Waals surface area contributed by atoms with E-state index in [1.807, 2.05) is 6.92 Å². The lowest BCUT2D eigenvalue weighted by atomic mass is 10.3. The lowest BCUT2D eigenvalue weighted by molar-refractivity contribution is 0.601. The molecule has 0 aliphatic rings. The van der Waals surface area contributed by atoms with Gasteiger partial charge in [-0.3, -0.25) is 9.82 Å². The number of nitrogen functional groups attached to an aromatic ring is 1. The molecule has 0 fully saturated rings. The van der Waals surface area contributed by atoms with Crippen molar-refractivity contribution in [2.24, 2.45) is 0 Å². The van der Waals surface area contributed by atoms with Gasteiger partial charge in [0.25, 0.3) is 10.0 Å². The first-order chi connectivity index (χ1) is 9.22. The first-order valence-electron chi connectivity index (χ1n) is 5.51. The molecule has 0 saturated carbocycles. The fourth-order valence-corrected chi connectivity index (χ4v) is 4.76. The Morgan fingerprint density at radius 1 is 1.30 bits per heavy atom. The van der Waals surface area contributed by atoms with Crippen LogP contribution in [0.25, 0.3) is 0 Å². The Morgan fingerprint density at radius 3 is 2.45 bits per heavy atom. The van der Waals surface area contributed by atoms with Crippen molar-refractivity contribution < 1.29 is 8.42 Å². The van der Waals surface area contributed by atoms with E-state index < -0.39 is 10.0 Å². The molecule has 0 amide bonds. The number of hydrogen-bond acceptors (Lipinski definition) is 4. The summed E-state index contributed by atoms with van der Waals surface area (Å²) < 4.78 is 28.3. The van der Waals surface area contributed by atoms with Crippen LogP contribution in [0.15, 0.2) is 26.0 Å². The molecule has 20 heavy (non-hydrogen) atoms. The minimum Gasteiger partial charge on any atom is -0.398 e. The summed E-state index contributed by atoms with van der Waals surface area (Å²) in [5, 5.41) is 6.64. The van der Waals surface area contributed by atoms with Crippen LogP contribution < -0.4 is 10.5 Å². The van der Waals surface area contributed by atoms with Crippen molar-refractivity contribution in [1.29, 1.82) is 0 Å². The fourth-order valence-electron chi connectivity index (χ4n) is 1.63. The van der Waals surface area contributed by atoms with Gasteiger partial charge in [0.15, 0.2) is 5.82 Å². The quantitative estimate of drug-likeness (QED) is 0.660. The number of halogens is 2. The largest absolute Gasteiger partial charge is 0.398 e. The zero-order valence-electron chi connectivity index (χ0n) is 10.7. The van der Waals surface area contributed by atoms with E-state index in [2.05, 4.69) is 46.8 Å². The number of nitrogens with two attached hydrogens (primary N) is 1. The van der Waals surface area contributed by atoms with Crippen LogP contribution >= 0.6 is 31.9 Å². The summed E-state index contributed by atoms with van der Waals surface area (Å²) in [5.74, 6) is 0.261. The summed E-state index contributed by atoms with van der Waals surface area (Å²) in [6.45, 7) is 3.58. The maximum absolute atomic E-state index is 12.4. The second-order valence-corrected chi connectivity index (χ2v) is 7.62. The average Bonchev–Trinajstić information content (AvgIpc) is 2.58. The van der Waals surface area contributed by atoms with E-state index in [-0.39, 0.29) is 16.4 Å². The molecule has 0 radical (unpaired) electrons. The normalized spacial score (nSPS) is 11.6. The smallest absolute Gasteiger partial charge is 0.266 e. The summed E-state index contributed by atoms with van der Waals surface area (Å²) in [6.07, 6.45) is 0. The van der Waals surface area contributed by atoms with E-state index >= 15 is 0 Å². The van der Waals surface area contributed by atoms with Crippen LogP contribution in [-0.4, -0.2) is 18.6 Å². The van der Waals surface area contributed by atoms with Crippen LogP contribution in [0, 0.1) is 13.8 Å². The number of anilines is 2. The third-order valence-corrected chi connectivity index (χ3v) is 5.59. The molecule has 0 atom stereocenters. The highest BCUT2D eigenvalue weighted by atomic mass is 79.9. The monoisotopic (exact) mass is 422 g/mol. The Kier molecular flexibility index (Phi) is 4.12. The van der Waals surface area contributed by atoms with Gasteiger partial charge in [-0.15, -0.1) is 0 Å². The first-order valence-corrected chi connectivity index (χ1v) is 8.58. The molecule has 0 bridgehead atoms. The predicted molar refractivity (Wildman–Crippen MR) is 85.1 cm³/mol. The molecule has 1 heterocycles. The standard InChI is InChI=1S/C11H12Br2N4O2S/c1-5-6(2)15-16-11(5)17-20(18,19)10-8(13)3-7(12)4-9(10)14/h3-4H,14H2,1-2H3,(H2,15,16,17). The number of sulfonamides is 1. The number of aryl methyl sites for hydroxylation is 1. The van der Waals surface area contributed by atoms with Crippen molar-refractivity contribution >= 4 is 53.4 Å². The molecule has 0 saturated heterocycles. The minimum absolute atomic E-state index is 0.0132. The summed E-state index contributed by atoms with van der Waals surface area (Å²) in [4.78, 5) is -0.0132. The topological polar surface area (TPSA) is 101 Å². The Bertz CT molecular complexity index is 748. The number of nitrogens with one attached hydrogen (secondary N) is 2. The van der Waals surface area contributed by atoms with Crippen LogP contribution in [0.4, 0.5) is 11.5 Å². The van der Waals surface area contributed by atoms with Gasteiger partial charge in [-0.1, -0.05) is 15.9 Å². The number of aromatic nitrogens is 2. The van der Waals surface area contributed by atoms with E-state index in [1.54, 1.807) is 13.0 Å². The Hall–Kier alpha value is -1.06. The highest BCUT2D eigenvalue weighted by Gasteiger charge is 2.23. The lowest BCUT2D eigenvalue weighted by Gasteiger charge is -2.11. The van der Waals surface area contributed by atoms with Crippen molar-refractivity contribution in [2.45, 2.75) is 18.7 Å². The first kappa shape index (κ1) is 15.3. The molecule has 4 N–H and O–H groups in total. The third-order valence-electron chi connectivity index (χ3n) is 2.79.